The van der Waals surface area contributed by atoms with E-state index in [1.807, 2.05) is 53.5 Å². The summed E-state index contributed by atoms with van der Waals surface area (Å²) in [6.45, 7) is 2.55. The molecule has 1 amide bonds. The van der Waals surface area contributed by atoms with Crippen LogP contribution in [0.4, 0.5) is 0 Å². The Morgan fingerprint density at radius 1 is 1.11 bits per heavy atom. The van der Waals surface area contributed by atoms with Gasteiger partial charge in [-0.1, -0.05) is 67.2 Å². The van der Waals surface area contributed by atoms with Crippen molar-refractivity contribution in [1.29, 1.82) is 0 Å². The maximum absolute atomic E-state index is 12.8. The quantitative estimate of drug-likeness (QED) is 0.377. The summed E-state index contributed by atoms with van der Waals surface area (Å²) >= 11 is 1.47. The van der Waals surface area contributed by atoms with Crippen LogP contribution in [0, 0.1) is 0 Å². The van der Waals surface area contributed by atoms with Crippen molar-refractivity contribution in [2.75, 3.05) is 0 Å². The summed E-state index contributed by atoms with van der Waals surface area (Å²) in [5, 5.41) is 28.2. The molecule has 5 rings (SSSR count). The number of benzene rings is 2. The number of hydrogen-bond donors (Lipinski definition) is 2. The van der Waals surface area contributed by atoms with Gasteiger partial charge in [-0.15, -0.1) is 10.2 Å². The fourth-order valence-electron chi connectivity index (χ4n) is 4.36. The number of hydrogen-bond acceptors (Lipinski definition) is 8. The Balaban J connectivity index is 0.00000320. The zero-order valence-electron chi connectivity index (χ0n) is 20.6. The fourth-order valence-corrected chi connectivity index (χ4v) is 5.34. The van der Waals surface area contributed by atoms with Crippen LogP contribution in [0.15, 0.2) is 64.7 Å². The molecule has 1 saturated heterocycles. The second-order valence-corrected chi connectivity index (χ2v) is 9.68. The van der Waals surface area contributed by atoms with Crippen LogP contribution in [0.25, 0.3) is 22.5 Å². The molecule has 1 atom stereocenters. The number of thioether (sulfide) groups is 1. The number of carboxylic acids is 1. The summed E-state index contributed by atoms with van der Waals surface area (Å²) in [6, 6.07) is 16.0. The van der Waals surface area contributed by atoms with Crippen molar-refractivity contribution in [3.8, 4) is 22.5 Å². The third kappa shape index (κ3) is 6.28. The topological polar surface area (TPSA) is 139 Å². The zero-order chi connectivity index (χ0) is 25.1. The van der Waals surface area contributed by atoms with Gasteiger partial charge in [-0.2, -0.15) is 10.2 Å². The second-order valence-electron chi connectivity index (χ2n) is 8.51. The van der Waals surface area contributed by atoms with Gasteiger partial charge in [0.15, 0.2) is 5.17 Å². The molecule has 1 aromatic heterocycles. The van der Waals surface area contributed by atoms with Crippen LogP contribution in [-0.2, 0) is 16.1 Å². The van der Waals surface area contributed by atoms with E-state index in [0.717, 1.165) is 28.7 Å². The van der Waals surface area contributed by atoms with Gasteiger partial charge in [0.05, 0.1) is 17.9 Å². The number of carbonyl (C=O) groups is 2. The summed E-state index contributed by atoms with van der Waals surface area (Å²) in [5.74, 6) is -1.24. The van der Waals surface area contributed by atoms with Gasteiger partial charge in [0.2, 0.25) is 5.82 Å². The van der Waals surface area contributed by atoms with Crippen molar-refractivity contribution in [1.82, 2.24) is 31.1 Å². The molecule has 1 unspecified atom stereocenters. The molecule has 10 nitrogen and oxygen atoms in total. The largest absolute Gasteiger partial charge is 1.00 e. The molecule has 0 bridgehead atoms. The molecule has 184 valence electrons. The predicted octanol–water partition coefficient (Wildman–Crippen LogP) is -0.560. The number of nitrogens with one attached hydrogen (secondary N) is 2. The van der Waals surface area contributed by atoms with Gasteiger partial charge in [0.25, 0.3) is 5.91 Å². The average molecular weight is 542 g/mol. The number of carboxylic acid groups (broad SMARTS) is 1. The van der Waals surface area contributed by atoms with E-state index in [1.165, 1.54) is 11.8 Å². The number of H-pyrrole nitrogens is 1. The second kappa shape index (κ2) is 12.6. The van der Waals surface area contributed by atoms with Gasteiger partial charge < -0.3 is 9.90 Å². The van der Waals surface area contributed by atoms with Crippen molar-refractivity contribution in [3.63, 3.8) is 0 Å². The first-order chi connectivity index (χ1) is 17.5. The molecule has 1 fully saturated rings. The standard InChI is InChI=1S/C25H25N7O3S.K/c1-2-21-29-32(25(36-21)26-23(33)19-8-5-9-20(19)24(34)35)14-15-10-12-16(13-11-15)17-6-3-4-7-18(17)22-27-30-31-28-22;/h3-4,6-7,10-13,21,29H,2,5,8-9,14H2,1H3,(H,34,35)(H,27,28,30,31);/q;+1/p-1. The van der Waals surface area contributed by atoms with Crippen LogP contribution in [0.1, 0.15) is 38.2 Å². The van der Waals surface area contributed by atoms with Crippen LogP contribution in [-0.4, -0.2) is 48.1 Å². The molecule has 1 aliphatic heterocycles. The van der Waals surface area contributed by atoms with E-state index in [4.69, 9.17) is 0 Å². The van der Waals surface area contributed by atoms with Crippen LogP contribution in [0.2, 0.25) is 0 Å². The van der Waals surface area contributed by atoms with E-state index < -0.39 is 11.9 Å². The molecule has 3 aromatic rings. The van der Waals surface area contributed by atoms with Crippen LogP contribution in [0.3, 0.4) is 0 Å². The number of amidine groups is 1. The molecule has 2 aromatic carbocycles. The number of amides is 1. The summed E-state index contributed by atoms with van der Waals surface area (Å²) in [7, 11) is 0. The number of nitrogens with zero attached hydrogens (tertiary/aromatic N) is 5. The third-order valence-electron chi connectivity index (χ3n) is 6.19. The molecule has 2 N–H and O–H groups in total. The van der Waals surface area contributed by atoms with E-state index in [2.05, 4.69) is 38.0 Å². The van der Waals surface area contributed by atoms with E-state index in [0.29, 0.717) is 36.8 Å². The van der Waals surface area contributed by atoms with E-state index in [1.54, 1.807) is 0 Å². The molecule has 0 saturated carbocycles. The molecular formula is C25H24KN7O3S. The Hall–Kier alpha value is -2.19. The van der Waals surface area contributed by atoms with Crippen molar-refractivity contribution in [2.24, 2.45) is 4.99 Å². The molecule has 1 aliphatic carbocycles. The monoisotopic (exact) mass is 541 g/mol. The van der Waals surface area contributed by atoms with Gasteiger partial charge in [-0.3, -0.25) is 9.80 Å². The van der Waals surface area contributed by atoms with Crippen LogP contribution in [0.5, 0.6) is 0 Å². The number of hydrazine groups is 1. The SMILES string of the molecule is CCC1NN(Cc2ccc(-c3ccccc3-c3nn[nH]n3)cc2)C(=NC(=O)C2=C(C(=O)[O-])CCC2)S1.[K+]. The Bertz CT molecular complexity index is 1340. The smallest absolute Gasteiger partial charge is 0.545 e. The summed E-state index contributed by atoms with van der Waals surface area (Å²) in [4.78, 5) is 28.5. The molecular weight excluding hydrogens is 517 g/mol. The number of aromatic nitrogens is 4. The number of rotatable bonds is 7. The normalized spacial score (nSPS) is 18.4. The molecule has 12 heteroatoms. The Kier molecular flexibility index (Phi) is 9.45. The van der Waals surface area contributed by atoms with Gasteiger partial charge in [0.1, 0.15) is 0 Å². The van der Waals surface area contributed by atoms with Crippen molar-refractivity contribution >= 4 is 28.8 Å². The van der Waals surface area contributed by atoms with Gasteiger partial charge in [-0.25, -0.2) is 5.43 Å². The minimum Gasteiger partial charge on any atom is -0.545 e. The molecule has 0 radical (unpaired) electrons. The Morgan fingerprint density at radius 3 is 2.51 bits per heavy atom. The van der Waals surface area contributed by atoms with Gasteiger partial charge in [-0.05, 0) is 53.2 Å². The molecule has 37 heavy (non-hydrogen) atoms. The van der Waals surface area contributed by atoms with Gasteiger partial charge in [0, 0.05) is 11.1 Å². The third-order valence-corrected chi connectivity index (χ3v) is 7.43. The van der Waals surface area contributed by atoms with Crippen LogP contribution < -0.4 is 61.9 Å². The molecule has 2 heterocycles. The summed E-state index contributed by atoms with van der Waals surface area (Å²) in [5.41, 5.74) is 7.64. The van der Waals surface area contributed by atoms with Crippen molar-refractivity contribution in [3.05, 3.63) is 65.2 Å². The Morgan fingerprint density at radius 2 is 1.84 bits per heavy atom. The van der Waals surface area contributed by atoms with E-state index >= 15 is 0 Å². The van der Waals surface area contributed by atoms with E-state index in [-0.39, 0.29) is 67.9 Å². The van der Waals surface area contributed by atoms with Gasteiger partial charge >= 0.3 is 51.4 Å². The number of tetrazole rings is 1. The first-order valence-corrected chi connectivity index (χ1v) is 12.6. The van der Waals surface area contributed by atoms with E-state index in [9.17, 15) is 14.7 Å². The number of carbonyl (C=O) groups excluding carboxylic acids is 2. The number of aliphatic carboxylic acids is 1. The maximum Gasteiger partial charge on any atom is 1.00 e. The fraction of sp³-hybridized carbons (Fsp3) is 0.280. The molecule has 0 spiro atoms. The number of aromatic amines is 1. The minimum atomic E-state index is -1.28. The maximum atomic E-state index is 12.8. The summed E-state index contributed by atoms with van der Waals surface area (Å²) in [6.07, 6.45) is 2.24. The predicted molar refractivity (Wildman–Crippen MR) is 134 cm³/mol. The first kappa shape index (κ1) is 27.8. The zero-order valence-corrected chi connectivity index (χ0v) is 24.5. The van der Waals surface area contributed by atoms with Crippen molar-refractivity contribution < 1.29 is 66.1 Å². The first-order valence-electron chi connectivity index (χ1n) is 11.7. The van der Waals surface area contributed by atoms with Crippen molar-refractivity contribution in [2.45, 2.75) is 44.5 Å². The Labute approximate surface area is 260 Å². The summed E-state index contributed by atoms with van der Waals surface area (Å²) < 4.78 is 0. The molecule has 2 aliphatic rings. The van der Waals surface area contributed by atoms with Crippen LogP contribution >= 0.6 is 11.8 Å². The average Bonchev–Trinajstić information content (AvgIpc) is 3.66. The minimum absolute atomic E-state index is 0. The number of aliphatic imine (C=N–C) groups is 1.